The van der Waals surface area contributed by atoms with Crippen molar-refractivity contribution in [3.8, 4) is 0 Å². The molecule has 2 nitrogen and oxygen atoms in total. The molecule has 0 amide bonds. The summed E-state index contributed by atoms with van der Waals surface area (Å²) in [4.78, 5) is 11.3. The maximum Gasteiger partial charge on any atom is 0.159 e. The minimum absolute atomic E-state index is 0.0457. The molecular weight excluding hydrogens is 198 g/mol. The van der Waals surface area contributed by atoms with E-state index in [2.05, 4.69) is 6.58 Å². The van der Waals surface area contributed by atoms with E-state index in [-0.39, 0.29) is 5.78 Å². The van der Waals surface area contributed by atoms with E-state index in [1.54, 1.807) is 19.1 Å². The van der Waals surface area contributed by atoms with Gasteiger partial charge in [-0.05, 0) is 44.5 Å². The zero-order valence-electron chi connectivity index (χ0n) is 10.0. The van der Waals surface area contributed by atoms with Crippen molar-refractivity contribution in [1.29, 1.82) is 0 Å². The molecule has 0 spiro atoms. The number of carbonyl (C=O) groups excluding carboxylic acids is 1. The molecular formula is C14H17NO. The molecule has 1 aromatic rings. The Morgan fingerprint density at radius 3 is 2.44 bits per heavy atom. The van der Waals surface area contributed by atoms with Gasteiger partial charge in [0.25, 0.3) is 0 Å². The van der Waals surface area contributed by atoms with E-state index in [4.69, 9.17) is 5.73 Å². The molecule has 0 aliphatic heterocycles. The highest BCUT2D eigenvalue weighted by Gasteiger charge is 2.05. The molecule has 0 saturated heterocycles. The van der Waals surface area contributed by atoms with Gasteiger partial charge >= 0.3 is 0 Å². The maximum absolute atomic E-state index is 11.3. The molecule has 0 bridgehead atoms. The fraction of sp³-hybridized carbons (Fsp3) is 0.214. The fourth-order valence-electron chi connectivity index (χ4n) is 1.56. The van der Waals surface area contributed by atoms with E-state index in [1.807, 2.05) is 26.0 Å². The fourth-order valence-corrected chi connectivity index (χ4v) is 1.56. The van der Waals surface area contributed by atoms with E-state index in [0.29, 0.717) is 11.3 Å². The number of ketones is 1. The Kier molecular flexibility index (Phi) is 3.67. The lowest BCUT2D eigenvalue weighted by molar-refractivity contribution is 0.101. The highest BCUT2D eigenvalue weighted by Crippen LogP contribution is 2.23. The standard InChI is InChI=1S/C14H17NO/c1-9(2)7-10(3)13-8-12(11(4)16)5-6-14(13)15/h5-8H,1,15H2,2-4H3/b10-7+. The normalized spacial score (nSPS) is 11.3. The number of nitrogen functional groups attached to an aromatic ring is 1. The van der Waals surface area contributed by atoms with Crippen LogP contribution >= 0.6 is 0 Å². The molecule has 16 heavy (non-hydrogen) atoms. The first-order valence-electron chi connectivity index (χ1n) is 5.16. The molecule has 2 heteroatoms. The Balaban J connectivity index is 3.27. The van der Waals surface area contributed by atoms with Gasteiger partial charge in [-0.15, -0.1) is 0 Å². The molecule has 0 fully saturated rings. The maximum atomic E-state index is 11.3. The van der Waals surface area contributed by atoms with Crippen molar-refractivity contribution in [3.63, 3.8) is 0 Å². The van der Waals surface area contributed by atoms with E-state index >= 15 is 0 Å². The van der Waals surface area contributed by atoms with Crippen LogP contribution in [0.5, 0.6) is 0 Å². The molecule has 1 aromatic carbocycles. The van der Waals surface area contributed by atoms with E-state index < -0.39 is 0 Å². The van der Waals surface area contributed by atoms with E-state index in [9.17, 15) is 4.79 Å². The number of hydrogen-bond donors (Lipinski definition) is 1. The molecule has 2 N–H and O–H groups in total. The van der Waals surface area contributed by atoms with Gasteiger partial charge in [0.2, 0.25) is 0 Å². The van der Waals surface area contributed by atoms with Crippen molar-refractivity contribution in [3.05, 3.63) is 47.6 Å². The van der Waals surface area contributed by atoms with Gasteiger partial charge in [0.1, 0.15) is 0 Å². The van der Waals surface area contributed by atoms with Gasteiger partial charge in [-0.3, -0.25) is 4.79 Å². The van der Waals surface area contributed by atoms with Gasteiger partial charge in [0.15, 0.2) is 5.78 Å². The van der Waals surface area contributed by atoms with Crippen molar-refractivity contribution >= 4 is 17.0 Å². The van der Waals surface area contributed by atoms with Gasteiger partial charge in [-0.1, -0.05) is 18.2 Å². The summed E-state index contributed by atoms with van der Waals surface area (Å²) in [7, 11) is 0. The third-order valence-corrected chi connectivity index (χ3v) is 2.35. The monoisotopic (exact) mass is 215 g/mol. The van der Waals surface area contributed by atoms with Crippen LogP contribution < -0.4 is 5.73 Å². The number of allylic oxidation sites excluding steroid dienone is 3. The van der Waals surface area contributed by atoms with Gasteiger partial charge < -0.3 is 5.73 Å². The van der Waals surface area contributed by atoms with E-state index in [0.717, 1.165) is 16.7 Å². The molecule has 0 heterocycles. The van der Waals surface area contributed by atoms with E-state index in [1.165, 1.54) is 0 Å². The lowest BCUT2D eigenvalue weighted by atomic mass is 9.99. The second-order valence-corrected chi connectivity index (χ2v) is 4.03. The Labute approximate surface area is 96.5 Å². The number of anilines is 1. The van der Waals surface area contributed by atoms with Crippen molar-refractivity contribution < 1.29 is 4.79 Å². The summed E-state index contributed by atoms with van der Waals surface area (Å²) in [5, 5.41) is 0. The van der Waals surface area contributed by atoms with Crippen LogP contribution in [0.4, 0.5) is 5.69 Å². The van der Waals surface area contributed by atoms with Crippen LogP contribution in [0, 0.1) is 0 Å². The second kappa shape index (κ2) is 4.79. The number of carbonyl (C=O) groups is 1. The predicted molar refractivity (Wildman–Crippen MR) is 69.3 cm³/mol. The summed E-state index contributed by atoms with van der Waals surface area (Å²) >= 11 is 0. The molecule has 0 aliphatic rings. The van der Waals surface area contributed by atoms with Crippen molar-refractivity contribution in [1.82, 2.24) is 0 Å². The van der Waals surface area contributed by atoms with Gasteiger partial charge in [-0.25, -0.2) is 0 Å². The quantitative estimate of drug-likeness (QED) is 0.476. The summed E-state index contributed by atoms with van der Waals surface area (Å²) in [6, 6.07) is 5.34. The molecule has 0 aliphatic carbocycles. The SMILES string of the molecule is C=C(C)/C=C(\C)c1cc(C(C)=O)ccc1N. The highest BCUT2D eigenvalue weighted by molar-refractivity contribution is 5.96. The highest BCUT2D eigenvalue weighted by atomic mass is 16.1. The summed E-state index contributed by atoms with van der Waals surface area (Å²) in [6.45, 7) is 9.26. The topological polar surface area (TPSA) is 43.1 Å². The van der Waals surface area contributed by atoms with Crippen LogP contribution in [0.25, 0.3) is 5.57 Å². The first kappa shape index (κ1) is 12.2. The predicted octanol–water partition coefficient (Wildman–Crippen LogP) is 3.45. The summed E-state index contributed by atoms with van der Waals surface area (Å²) in [6.07, 6.45) is 1.95. The molecule has 0 unspecified atom stereocenters. The lowest BCUT2D eigenvalue weighted by Crippen LogP contribution is -1.98. The summed E-state index contributed by atoms with van der Waals surface area (Å²) in [5.74, 6) is 0.0457. The number of Topliss-reactive ketones (excluding diaryl/α,β-unsaturated/α-hetero) is 1. The molecule has 1 rings (SSSR count). The van der Waals surface area contributed by atoms with Crippen LogP contribution in [0.3, 0.4) is 0 Å². The Bertz CT molecular complexity index is 470. The summed E-state index contributed by atoms with van der Waals surface area (Å²) in [5.41, 5.74) is 10.1. The molecule has 0 saturated carbocycles. The third-order valence-electron chi connectivity index (χ3n) is 2.35. The first-order valence-corrected chi connectivity index (χ1v) is 5.16. The number of rotatable bonds is 3. The minimum atomic E-state index is 0.0457. The molecule has 0 aromatic heterocycles. The van der Waals surface area contributed by atoms with Crippen molar-refractivity contribution in [2.75, 3.05) is 5.73 Å². The number of nitrogens with two attached hydrogens (primary N) is 1. The average Bonchev–Trinajstić information content (AvgIpc) is 2.16. The lowest BCUT2D eigenvalue weighted by Gasteiger charge is -2.08. The molecule has 0 radical (unpaired) electrons. The van der Waals surface area contributed by atoms with Crippen molar-refractivity contribution in [2.24, 2.45) is 0 Å². The largest absolute Gasteiger partial charge is 0.398 e. The van der Waals surface area contributed by atoms with Gasteiger partial charge in [-0.2, -0.15) is 0 Å². The first-order chi connectivity index (χ1) is 7.41. The van der Waals surface area contributed by atoms with Crippen LogP contribution in [-0.4, -0.2) is 5.78 Å². The Morgan fingerprint density at radius 1 is 1.31 bits per heavy atom. The molecule has 0 atom stereocenters. The number of hydrogen-bond acceptors (Lipinski definition) is 2. The van der Waals surface area contributed by atoms with Gasteiger partial charge in [0, 0.05) is 16.8 Å². The Morgan fingerprint density at radius 2 is 1.94 bits per heavy atom. The number of benzene rings is 1. The zero-order chi connectivity index (χ0) is 12.3. The summed E-state index contributed by atoms with van der Waals surface area (Å²) < 4.78 is 0. The van der Waals surface area contributed by atoms with Gasteiger partial charge in [0.05, 0.1) is 0 Å². The zero-order valence-corrected chi connectivity index (χ0v) is 10.0. The molecule has 84 valence electrons. The smallest absolute Gasteiger partial charge is 0.159 e. The van der Waals surface area contributed by atoms with Crippen molar-refractivity contribution in [2.45, 2.75) is 20.8 Å². The Hall–Kier alpha value is -1.83. The van der Waals surface area contributed by atoms with Crippen LogP contribution in [0.15, 0.2) is 36.4 Å². The van der Waals surface area contributed by atoms with Crippen LogP contribution in [-0.2, 0) is 0 Å². The average molecular weight is 215 g/mol. The third kappa shape index (κ3) is 2.83. The minimum Gasteiger partial charge on any atom is -0.398 e. The van der Waals surface area contributed by atoms with Crippen LogP contribution in [0.2, 0.25) is 0 Å². The van der Waals surface area contributed by atoms with Crippen LogP contribution in [0.1, 0.15) is 36.7 Å². The second-order valence-electron chi connectivity index (χ2n) is 4.03.